The highest BCUT2D eigenvalue weighted by Gasteiger charge is 2.20. The highest BCUT2D eigenvalue weighted by Crippen LogP contribution is 2.33. The van der Waals surface area contributed by atoms with E-state index in [1.165, 1.54) is 38.5 Å². The topological polar surface area (TPSA) is 121 Å². The van der Waals surface area contributed by atoms with E-state index in [4.69, 9.17) is 19.9 Å². The number of piperidine rings is 2. The zero-order chi connectivity index (χ0) is 25.6. The summed E-state index contributed by atoms with van der Waals surface area (Å²) >= 11 is 0. The number of benzene rings is 1. The number of nitrogens with one attached hydrogen (secondary N) is 2. The summed E-state index contributed by atoms with van der Waals surface area (Å²) in [4.78, 5) is 31.2. The lowest BCUT2D eigenvalue weighted by Gasteiger charge is -2.28. The van der Waals surface area contributed by atoms with E-state index in [9.17, 15) is 0 Å². The highest BCUT2D eigenvalue weighted by atomic mass is 35.5. The summed E-state index contributed by atoms with van der Waals surface area (Å²) in [5.41, 5.74) is 8.42. The first-order valence-corrected chi connectivity index (χ1v) is 14.0. The Bertz CT molecular complexity index is 1490. The van der Waals surface area contributed by atoms with Crippen molar-refractivity contribution in [3.63, 3.8) is 0 Å². The maximum absolute atomic E-state index is 4.82. The zero-order valence-corrected chi connectivity index (χ0v) is 23.9. The van der Waals surface area contributed by atoms with E-state index in [1.807, 2.05) is 13.8 Å². The fraction of sp³-hybridized carbons (Fsp3) is 0.400. The Morgan fingerprint density at radius 3 is 1.32 bits per heavy atom. The molecule has 2 saturated heterocycles. The second kappa shape index (κ2) is 11.4. The summed E-state index contributed by atoms with van der Waals surface area (Å²) in [5.74, 6) is 3.71. The largest absolute Gasteiger partial charge is 0.412 e. The lowest BCUT2D eigenvalue weighted by molar-refractivity contribution is 0.574. The number of aromatic amines is 2. The molecule has 0 radical (unpaired) electrons. The Morgan fingerprint density at radius 1 is 0.575 bits per heavy atom. The van der Waals surface area contributed by atoms with Crippen molar-refractivity contribution in [3.05, 3.63) is 48.0 Å². The van der Waals surface area contributed by atoms with Gasteiger partial charge in [0.05, 0.1) is 11.0 Å². The average molecular weight is 561 g/mol. The van der Waals surface area contributed by atoms with E-state index < -0.39 is 0 Å². The highest BCUT2D eigenvalue weighted by molar-refractivity contribution is 5.92. The summed E-state index contributed by atoms with van der Waals surface area (Å²) in [6.07, 6.45) is 7.48. The van der Waals surface area contributed by atoms with Gasteiger partial charge in [0.25, 0.3) is 0 Å². The van der Waals surface area contributed by atoms with Gasteiger partial charge in [-0.2, -0.15) is 0 Å². The summed E-state index contributed by atoms with van der Waals surface area (Å²) in [6.45, 7) is 8.20. The van der Waals surface area contributed by atoms with Crippen LogP contribution in [0.15, 0.2) is 36.4 Å². The molecule has 10 heteroatoms. The summed E-state index contributed by atoms with van der Waals surface area (Å²) < 4.78 is 0. The first-order valence-electron chi connectivity index (χ1n) is 14.0. The van der Waals surface area contributed by atoms with Gasteiger partial charge in [-0.15, -0.1) is 12.4 Å². The van der Waals surface area contributed by atoms with Crippen LogP contribution in [-0.4, -0.2) is 61.6 Å². The van der Waals surface area contributed by atoms with E-state index in [-0.39, 0.29) is 17.9 Å². The molecule has 210 valence electrons. The van der Waals surface area contributed by atoms with Gasteiger partial charge in [0.2, 0.25) is 0 Å². The average Bonchev–Trinajstić information content (AvgIpc) is 3.58. The fourth-order valence-corrected chi connectivity index (χ4v) is 6.03. The first-order chi connectivity index (χ1) is 18.6. The van der Waals surface area contributed by atoms with Crippen molar-refractivity contribution in [1.82, 2.24) is 29.9 Å². The van der Waals surface area contributed by atoms with Crippen LogP contribution < -0.4 is 9.80 Å². The van der Waals surface area contributed by atoms with Gasteiger partial charge >= 0.3 is 0 Å². The number of fused-ring (bicyclic) bond motifs is 2. The maximum Gasteiger partial charge on any atom is 0.156 e. The van der Waals surface area contributed by atoms with Crippen molar-refractivity contribution < 1.29 is 5.48 Å². The lowest BCUT2D eigenvalue weighted by atomic mass is 10.1. The van der Waals surface area contributed by atoms with Gasteiger partial charge in [-0.05, 0) is 75.6 Å². The molecule has 2 aliphatic rings. The minimum Gasteiger partial charge on any atom is -0.412 e. The molecule has 0 unspecified atom stereocenters. The number of hydrogen-bond acceptors (Lipinski definition) is 6. The zero-order valence-electron chi connectivity index (χ0n) is 23.1. The van der Waals surface area contributed by atoms with E-state index >= 15 is 0 Å². The van der Waals surface area contributed by atoms with E-state index in [0.717, 1.165) is 94.0 Å². The fourth-order valence-electron chi connectivity index (χ4n) is 6.03. The summed E-state index contributed by atoms with van der Waals surface area (Å²) in [7, 11) is 0. The molecule has 0 aliphatic carbocycles. The number of aryl methyl sites for hydroxylation is 2. The Balaban J connectivity index is 0.00000161. The summed E-state index contributed by atoms with van der Waals surface area (Å²) in [5, 5.41) is 0. The van der Waals surface area contributed by atoms with Gasteiger partial charge in [-0.3, -0.25) is 0 Å². The van der Waals surface area contributed by atoms with Gasteiger partial charge in [-0.1, -0.05) is 24.3 Å². The number of H-pyrrole nitrogens is 2. The number of rotatable bonds is 4. The van der Waals surface area contributed by atoms with E-state index in [2.05, 4.69) is 56.2 Å². The van der Waals surface area contributed by atoms with Crippen molar-refractivity contribution in [3.8, 4) is 22.5 Å². The van der Waals surface area contributed by atoms with Crippen molar-refractivity contribution in [1.29, 1.82) is 0 Å². The Morgan fingerprint density at radius 2 is 0.950 bits per heavy atom. The van der Waals surface area contributed by atoms with Gasteiger partial charge < -0.3 is 25.2 Å². The van der Waals surface area contributed by atoms with Gasteiger partial charge in [0.1, 0.15) is 22.7 Å². The minimum atomic E-state index is 0. The third-order valence-corrected chi connectivity index (χ3v) is 7.96. The Hall–Kier alpha value is -3.69. The van der Waals surface area contributed by atoms with Crippen molar-refractivity contribution in [2.75, 3.05) is 36.0 Å². The molecule has 0 saturated carbocycles. The normalized spacial score (nSPS) is 15.8. The summed E-state index contributed by atoms with van der Waals surface area (Å²) in [6, 6.07) is 13.0. The standard InChI is InChI=1S/C30H34N8.ClH.H2O/c1-19-31-25-17-23(35-27(25)29(33-19)37-13-5-3-6-14-37)21-9-11-22(12-10-21)24-18-26-28(36-24)30(34-20(2)32-26)38-15-7-4-8-16-38;;/h9-12,17-18,35-36H,3-8,13-16H2,1-2H3;1H;1H2. The number of halogens is 1. The SMILES string of the molecule is Cc1nc(N2CCCCC2)c2[nH]c(-c3ccc(-c4cc5nc(C)nc(N6CCCCC6)c5[nH]4)cc3)cc2n1.Cl.O. The second-order valence-corrected chi connectivity index (χ2v) is 10.7. The van der Waals surface area contributed by atoms with Crippen LogP contribution in [0.2, 0.25) is 0 Å². The molecule has 2 fully saturated rings. The first kappa shape index (κ1) is 27.9. The number of nitrogens with zero attached hydrogens (tertiary/aromatic N) is 6. The molecule has 4 aromatic heterocycles. The molecule has 1 aromatic carbocycles. The van der Waals surface area contributed by atoms with Crippen LogP contribution >= 0.6 is 12.4 Å². The maximum atomic E-state index is 4.82. The van der Waals surface area contributed by atoms with E-state index in [1.54, 1.807) is 0 Å². The number of hydrogen-bond donors (Lipinski definition) is 2. The van der Waals surface area contributed by atoms with Crippen LogP contribution in [0, 0.1) is 13.8 Å². The van der Waals surface area contributed by atoms with Gasteiger partial charge in [0.15, 0.2) is 11.6 Å². The Labute approximate surface area is 240 Å². The van der Waals surface area contributed by atoms with Crippen molar-refractivity contribution >= 4 is 46.1 Å². The quantitative estimate of drug-likeness (QED) is 0.288. The third-order valence-electron chi connectivity index (χ3n) is 7.96. The molecule has 2 aliphatic heterocycles. The molecule has 40 heavy (non-hydrogen) atoms. The monoisotopic (exact) mass is 560 g/mol. The molecular formula is C30H37ClN8O. The van der Waals surface area contributed by atoms with Crippen LogP contribution in [0.5, 0.6) is 0 Å². The molecule has 4 N–H and O–H groups in total. The molecule has 9 nitrogen and oxygen atoms in total. The molecular weight excluding hydrogens is 524 g/mol. The molecule has 5 aromatic rings. The number of aromatic nitrogens is 6. The van der Waals surface area contributed by atoms with Crippen LogP contribution in [-0.2, 0) is 0 Å². The smallest absolute Gasteiger partial charge is 0.156 e. The molecule has 0 spiro atoms. The van der Waals surface area contributed by atoms with E-state index in [0.29, 0.717) is 0 Å². The second-order valence-electron chi connectivity index (χ2n) is 10.7. The van der Waals surface area contributed by atoms with Crippen LogP contribution in [0.25, 0.3) is 44.6 Å². The predicted molar refractivity (Wildman–Crippen MR) is 165 cm³/mol. The van der Waals surface area contributed by atoms with Crippen LogP contribution in [0.3, 0.4) is 0 Å². The third kappa shape index (κ3) is 5.11. The molecule has 6 heterocycles. The molecule has 7 rings (SSSR count). The molecule has 0 amide bonds. The lowest BCUT2D eigenvalue weighted by Crippen LogP contribution is -2.30. The van der Waals surface area contributed by atoms with Crippen molar-refractivity contribution in [2.45, 2.75) is 52.4 Å². The van der Waals surface area contributed by atoms with Gasteiger partial charge in [-0.25, -0.2) is 19.9 Å². The molecule has 0 bridgehead atoms. The minimum absolute atomic E-state index is 0. The molecule has 0 atom stereocenters. The van der Waals surface area contributed by atoms with Crippen LogP contribution in [0.4, 0.5) is 11.6 Å². The Kier molecular flexibility index (Phi) is 7.96. The van der Waals surface area contributed by atoms with Crippen molar-refractivity contribution in [2.24, 2.45) is 0 Å². The predicted octanol–water partition coefficient (Wildman–Crippen LogP) is 5.76. The number of anilines is 2. The van der Waals surface area contributed by atoms with Gasteiger partial charge in [0, 0.05) is 37.6 Å². The van der Waals surface area contributed by atoms with Crippen LogP contribution in [0.1, 0.15) is 50.2 Å².